The summed E-state index contributed by atoms with van der Waals surface area (Å²) in [5.41, 5.74) is -0.169. The molecular weight excluding hydrogens is 373 g/mol. The second kappa shape index (κ2) is 8.59. The van der Waals surface area contributed by atoms with Crippen LogP contribution < -0.4 is 5.32 Å². The van der Waals surface area contributed by atoms with Crippen LogP contribution in [0.15, 0.2) is 35.6 Å². The van der Waals surface area contributed by atoms with Gasteiger partial charge in [0.15, 0.2) is 11.8 Å². The number of hydrogen-bond acceptors (Lipinski definition) is 4. The lowest BCUT2D eigenvalue weighted by Gasteiger charge is -2.35. The van der Waals surface area contributed by atoms with E-state index in [1.807, 2.05) is 18.9 Å². The summed E-state index contributed by atoms with van der Waals surface area (Å²) < 4.78 is 46.6. The Morgan fingerprint density at radius 1 is 1.39 bits per heavy atom. The second-order valence-electron chi connectivity index (χ2n) is 6.46. The number of benzene rings is 1. The zero-order valence-corrected chi connectivity index (χ0v) is 15.8. The molecule has 0 bridgehead atoms. The monoisotopic (exact) mass is 396 g/mol. The van der Waals surface area contributed by atoms with Gasteiger partial charge in [0.25, 0.3) is 0 Å². The van der Waals surface area contributed by atoms with Crippen LogP contribution in [0.25, 0.3) is 0 Å². The summed E-state index contributed by atoms with van der Waals surface area (Å²) in [6, 6.07) is 5.29. The predicted octanol–water partition coefficient (Wildman–Crippen LogP) is 2.37. The maximum absolute atomic E-state index is 13.0. The van der Waals surface area contributed by atoms with E-state index in [9.17, 15) is 13.2 Å². The lowest BCUT2D eigenvalue weighted by Crippen LogP contribution is -2.48. The van der Waals surface area contributed by atoms with Gasteiger partial charge in [-0.05, 0) is 24.6 Å². The standard InChI is InChI=1S/C18H23F3N6O/c1-3-22-17(23-10-16-25-24-12-26(16)2)27-7-8-28-15(11-27)13-5-4-6-14(9-13)18(19,20)21/h4-6,9,12,15H,3,7-8,10-11H2,1-2H3,(H,22,23). The minimum absolute atomic E-state index is 0.352. The number of aryl methyl sites for hydroxylation is 1. The molecule has 152 valence electrons. The lowest BCUT2D eigenvalue weighted by molar-refractivity contribution is -0.137. The van der Waals surface area contributed by atoms with E-state index in [-0.39, 0.29) is 0 Å². The molecule has 0 amide bonds. The Morgan fingerprint density at radius 2 is 2.21 bits per heavy atom. The third-order valence-corrected chi connectivity index (χ3v) is 4.46. The maximum atomic E-state index is 13.0. The van der Waals surface area contributed by atoms with Crippen molar-refractivity contribution in [1.82, 2.24) is 25.0 Å². The second-order valence-corrected chi connectivity index (χ2v) is 6.46. The average molecular weight is 396 g/mol. The van der Waals surface area contributed by atoms with Gasteiger partial charge in [-0.1, -0.05) is 12.1 Å². The predicted molar refractivity (Wildman–Crippen MR) is 97.5 cm³/mol. The first-order chi connectivity index (χ1) is 13.4. The fraction of sp³-hybridized carbons (Fsp3) is 0.500. The molecule has 1 N–H and O–H groups in total. The number of nitrogens with zero attached hydrogens (tertiary/aromatic N) is 5. The van der Waals surface area contributed by atoms with Crippen molar-refractivity contribution in [3.63, 3.8) is 0 Å². The van der Waals surface area contributed by atoms with Crippen LogP contribution in [-0.4, -0.2) is 51.9 Å². The number of halogens is 3. The number of ether oxygens (including phenoxy) is 1. The number of hydrogen-bond donors (Lipinski definition) is 1. The van der Waals surface area contributed by atoms with Crippen molar-refractivity contribution in [2.24, 2.45) is 12.0 Å². The number of morpholine rings is 1. The van der Waals surface area contributed by atoms with Crippen molar-refractivity contribution < 1.29 is 17.9 Å². The van der Waals surface area contributed by atoms with E-state index in [4.69, 9.17) is 4.74 Å². The number of rotatable bonds is 4. The van der Waals surface area contributed by atoms with Gasteiger partial charge in [0.1, 0.15) is 19.0 Å². The fourth-order valence-electron chi connectivity index (χ4n) is 2.98. The van der Waals surface area contributed by atoms with Gasteiger partial charge >= 0.3 is 6.18 Å². The largest absolute Gasteiger partial charge is 0.416 e. The molecule has 1 aromatic carbocycles. The highest BCUT2D eigenvalue weighted by atomic mass is 19.4. The Kier molecular flexibility index (Phi) is 6.18. The van der Waals surface area contributed by atoms with Crippen molar-refractivity contribution in [3.8, 4) is 0 Å². The van der Waals surface area contributed by atoms with E-state index in [1.54, 1.807) is 17.0 Å². The van der Waals surface area contributed by atoms with E-state index < -0.39 is 17.8 Å². The van der Waals surface area contributed by atoms with Crippen molar-refractivity contribution in [1.29, 1.82) is 0 Å². The van der Waals surface area contributed by atoms with Crippen molar-refractivity contribution in [2.45, 2.75) is 25.7 Å². The molecule has 7 nitrogen and oxygen atoms in total. The van der Waals surface area contributed by atoms with Crippen LogP contribution in [0.5, 0.6) is 0 Å². The highest BCUT2D eigenvalue weighted by Gasteiger charge is 2.32. The van der Waals surface area contributed by atoms with Crippen LogP contribution in [0, 0.1) is 0 Å². The maximum Gasteiger partial charge on any atom is 0.416 e. The van der Waals surface area contributed by atoms with Crippen molar-refractivity contribution in [2.75, 3.05) is 26.2 Å². The molecule has 1 aliphatic heterocycles. The first-order valence-electron chi connectivity index (χ1n) is 9.03. The Balaban J connectivity index is 1.76. The summed E-state index contributed by atoms with van der Waals surface area (Å²) in [7, 11) is 1.84. The molecule has 0 radical (unpaired) electrons. The van der Waals surface area contributed by atoms with Crippen LogP contribution in [0.2, 0.25) is 0 Å². The van der Waals surface area contributed by atoms with Gasteiger partial charge in [0, 0.05) is 20.1 Å². The molecule has 1 aromatic heterocycles. The van der Waals surface area contributed by atoms with Gasteiger partial charge in [-0.15, -0.1) is 10.2 Å². The first kappa shape index (κ1) is 20.1. The zero-order valence-electron chi connectivity index (χ0n) is 15.8. The molecule has 2 heterocycles. The Labute approximate surface area is 161 Å². The molecule has 2 aromatic rings. The van der Waals surface area contributed by atoms with Gasteiger partial charge in [-0.25, -0.2) is 4.99 Å². The Morgan fingerprint density at radius 3 is 2.89 bits per heavy atom. The molecule has 1 atom stereocenters. The molecule has 3 rings (SSSR count). The van der Waals surface area contributed by atoms with Gasteiger partial charge in [-0.3, -0.25) is 0 Å². The summed E-state index contributed by atoms with van der Waals surface area (Å²) in [5, 5.41) is 11.1. The molecular formula is C18H23F3N6O. The molecule has 1 unspecified atom stereocenters. The Hall–Kier alpha value is -2.62. The number of aliphatic imine (C=N–C) groups is 1. The van der Waals surface area contributed by atoms with Gasteiger partial charge in [0.05, 0.1) is 18.7 Å². The van der Waals surface area contributed by atoms with E-state index in [2.05, 4.69) is 20.5 Å². The molecule has 1 fully saturated rings. The zero-order chi connectivity index (χ0) is 20.1. The third-order valence-electron chi connectivity index (χ3n) is 4.46. The smallest absolute Gasteiger partial charge is 0.370 e. The van der Waals surface area contributed by atoms with Gasteiger partial charge < -0.3 is 19.5 Å². The van der Waals surface area contributed by atoms with Crippen molar-refractivity contribution in [3.05, 3.63) is 47.5 Å². The van der Waals surface area contributed by atoms with Gasteiger partial charge in [0.2, 0.25) is 0 Å². The van der Waals surface area contributed by atoms with Crippen LogP contribution in [0.3, 0.4) is 0 Å². The molecule has 0 aliphatic carbocycles. The molecule has 1 saturated heterocycles. The van der Waals surface area contributed by atoms with E-state index >= 15 is 0 Å². The fourth-order valence-corrected chi connectivity index (χ4v) is 2.98. The highest BCUT2D eigenvalue weighted by molar-refractivity contribution is 5.80. The lowest BCUT2D eigenvalue weighted by atomic mass is 10.0. The minimum atomic E-state index is -4.38. The summed E-state index contributed by atoms with van der Waals surface area (Å²) in [4.78, 5) is 6.59. The van der Waals surface area contributed by atoms with E-state index in [1.165, 1.54) is 6.07 Å². The molecule has 1 aliphatic rings. The quantitative estimate of drug-likeness (QED) is 0.635. The van der Waals surface area contributed by atoms with Crippen molar-refractivity contribution >= 4 is 5.96 Å². The van der Waals surface area contributed by atoms with Crippen LogP contribution in [0.1, 0.15) is 30.0 Å². The van der Waals surface area contributed by atoms with Crippen LogP contribution in [0.4, 0.5) is 13.2 Å². The van der Waals surface area contributed by atoms with Crippen LogP contribution >= 0.6 is 0 Å². The van der Waals surface area contributed by atoms with E-state index in [0.29, 0.717) is 44.3 Å². The summed E-state index contributed by atoms with van der Waals surface area (Å²) in [6.07, 6.45) is -3.23. The van der Waals surface area contributed by atoms with Gasteiger partial charge in [-0.2, -0.15) is 13.2 Å². The topological polar surface area (TPSA) is 67.6 Å². The third kappa shape index (κ3) is 4.80. The minimum Gasteiger partial charge on any atom is -0.370 e. The summed E-state index contributed by atoms with van der Waals surface area (Å²) >= 11 is 0. The molecule has 10 heteroatoms. The number of alkyl halides is 3. The first-order valence-corrected chi connectivity index (χ1v) is 9.03. The van der Waals surface area contributed by atoms with Crippen LogP contribution in [-0.2, 0) is 24.5 Å². The normalized spacial score (nSPS) is 18.4. The summed E-state index contributed by atoms with van der Waals surface area (Å²) in [6.45, 7) is 4.39. The number of aromatic nitrogens is 3. The number of guanidine groups is 1. The van der Waals surface area contributed by atoms with E-state index in [0.717, 1.165) is 18.0 Å². The highest BCUT2D eigenvalue weighted by Crippen LogP contribution is 2.32. The Bertz CT molecular complexity index is 820. The SMILES string of the molecule is CCNC(=NCc1nncn1C)N1CCOC(c2cccc(C(F)(F)F)c2)C1. The molecule has 0 saturated carbocycles. The summed E-state index contributed by atoms with van der Waals surface area (Å²) in [5.74, 6) is 1.39. The molecule has 28 heavy (non-hydrogen) atoms. The molecule has 0 spiro atoms. The number of nitrogens with one attached hydrogen (secondary N) is 1. The average Bonchev–Trinajstić information content (AvgIpc) is 3.09.